The summed E-state index contributed by atoms with van der Waals surface area (Å²) in [6, 6.07) is 5.06. The summed E-state index contributed by atoms with van der Waals surface area (Å²) in [5, 5.41) is 2.54. The Kier molecular flexibility index (Phi) is 6.36. The number of rotatable bonds is 8. The second-order valence-electron chi connectivity index (χ2n) is 5.57. The summed E-state index contributed by atoms with van der Waals surface area (Å²) in [5.41, 5.74) is 0.357. The van der Waals surface area contributed by atoms with Crippen molar-refractivity contribution in [3.8, 4) is 5.75 Å². The third kappa shape index (κ3) is 6.59. The molecule has 1 saturated heterocycles. The van der Waals surface area contributed by atoms with Gasteiger partial charge in [-0.15, -0.1) is 0 Å². The molecule has 11 heteroatoms. The number of halogens is 1. The van der Waals surface area contributed by atoms with Crippen molar-refractivity contribution in [3.63, 3.8) is 0 Å². The van der Waals surface area contributed by atoms with Crippen LogP contribution in [0.3, 0.4) is 0 Å². The number of nitrogens with one attached hydrogen (secondary N) is 1. The number of nitrogens with zero attached hydrogens (tertiary/aromatic N) is 1. The molecule has 0 atom stereocenters. The molecule has 1 aliphatic rings. The maximum Gasteiger partial charge on any atom is 0.488 e. The highest BCUT2D eigenvalue weighted by Crippen LogP contribution is 2.18. The molecule has 0 bridgehead atoms. The van der Waals surface area contributed by atoms with Gasteiger partial charge in [-0.1, -0.05) is 3.89 Å². The molecule has 0 unspecified atom stereocenters. The predicted octanol–water partition coefficient (Wildman–Crippen LogP) is 1.42. The van der Waals surface area contributed by atoms with Crippen LogP contribution in [0.25, 0.3) is 0 Å². The molecule has 1 amide bonds. The molecule has 140 valence electrons. The van der Waals surface area contributed by atoms with Crippen LogP contribution in [0.5, 0.6) is 5.75 Å². The second-order valence-corrected chi connectivity index (χ2v) is 8.62. The maximum atomic E-state index is 12.4. The fraction of sp³-hybridized carbons (Fsp3) is 0.500. The molecule has 0 saturated carbocycles. The number of carbonyl (C=O) groups is 1. The Morgan fingerprint density at radius 2 is 1.72 bits per heavy atom. The first kappa shape index (κ1) is 19.6. The van der Waals surface area contributed by atoms with E-state index < -0.39 is 20.5 Å². The van der Waals surface area contributed by atoms with E-state index in [1.165, 1.54) is 28.6 Å². The summed E-state index contributed by atoms with van der Waals surface area (Å²) >= 11 is 0. The zero-order chi connectivity index (χ0) is 18.5. The lowest BCUT2D eigenvalue weighted by atomic mass is 10.2. The van der Waals surface area contributed by atoms with Crippen LogP contribution in [0.1, 0.15) is 25.7 Å². The molecule has 25 heavy (non-hydrogen) atoms. The average molecular weight is 394 g/mol. The van der Waals surface area contributed by atoms with E-state index >= 15 is 0 Å². The Bertz CT molecular complexity index is 802. The third-order valence-corrected chi connectivity index (χ3v) is 5.95. The molecule has 1 aromatic rings. The van der Waals surface area contributed by atoms with Crippen LogP contribution in [0.2, 0.25) is 0 Å². The van der Waals surface area contributed by atoms with E-state index in [9.17, 15) is 25.5 Å². The molecular weight excluding hydrogens is 375 g/mol. The standard InChI is InChI=1S/C14H19FN2O6S2/c15-25(21,22)23-13-7-5-12(6-8-13)16-14(18)4-3-11-24(19,20)17-9-1-2-10-17/h5-8H,1-4,9-11H2,(H,16,18). The van der Waals surface area contributed by atoms with Crippen molar-refractivity contribution in [1.82, 2.24) is 4.31 Å². The summed E-state index contributed by atoms with van der Waals surface area (Å²) in [7, 11) is -8.40. The zero-order valence-corrected chi connectivity index (χ0v) is 15.0. The third-order valence-electron chi connectivity index (χ3n) is 3.60. The van der Waals surface area contributed by atoms with E-state index in [4.69, 9.17) is 0 Å². The van der Waals surface area contributed by atoms with Gasteiger partial charge in [0.1, 0.15) is 5.75 Å². The van der Waals surface area contributed by atoms with Gasteiger partial charge in [-0.2, -0.15) is 8.42 Å². The topological polar surface area (TPSA) is 110 Å². The molecule has 1 N–H and O–H groups in total. The van der Waals surface area contributed by atoms with Gasteiger partial charge in [0.2, 0.25) is 15.9 Å². The van der Waals surface area contributed by atoms with Gasteiger partial charge in [-0.3, -0.25) is 4.79 Å². The summed E-state index contributed by atoms with van der Waals surface area (Å²) in [6.45, 7) is 1.08. The lowest BCUT2D eigenvalue weighted by molar-refractivity contribution is -0.116. The zero-order valence-electron chi connectivity index (χ0n) is 13.4. The summed E-state index contributed by atoms with van der Waals surface area (Å²) < 4.78 is 62.6. The van der Waals surface area contributed by atoms with Crippen molar-refractivity contribution in [2.24, 2.45) is 0 Å². The largest absolute Gasteiger partial charge is 0.488 e. The van der Waals surface area contributed by atoms with Crippen LogP contribution in [0.15, 0.2) is 24.3 Å². The molecule has 0 aromatic heterocycles. The van der Waals surface area contributed by atoms with Crippen LogP contribution in [-0.2, 0) is 25.3 Å². The first-order chi connectivity index (χ1) is 11.7. The molecule has 0 spiro atoms. The molecule has 1 heterocycles. The highest BCUT2D eigenvalue weighted by atomic mass is 32.3. The van der Waals surface area contributed by atoms with E-state index in [1.807, 2.05) is 0 Å². The number of benzene rings is 1. The van der Waals surface area contributed by atoms with Crippen molar-refractivity contribution in [2.75, 3.05) is 24.2 Å². The van der Waals surface area contributed by atoms with Crippen molar-refractivity contribution in [3.05, 3.63) is 24.3 Å². The highest BCUT2D eigenvalue weighted by molar-refractivity contribution is 7.89. The van der Waals surface area contributed by atoms with Gasteiger partial charge in [0.05, 0.1) is 5.75 Å². The molecule has 8 nitrogen and oxygen atoms in total. The molecule has 0 aliphatic carbocycles. The van der Waals surface area contributed by atoms with Crippen molar-refractivity contribution in [1.29, 1.82) is 0 Å². The quantitative estimate of drug-likeness (QED) is 0.668. The Labute approximate surface area is 146 Å². The fourth-order valence-corrected chi connectivity index (χ4v) is 4.37. The second kappa shape index (κ2) is 8.11. The normalized spacial score (nSPS) is 15.9. The molecule has 1 fully saturated rings. The minimum atomic E-state index is -5.09. The highest BCUT2D eigenvalue weighted by Gasteiger charge is 2.24. The lowest BCUT2D eigenvalue weighted by Gasteiger charge is -2.15. The van der Waals surface area contributed by atoms with Crippen molar-refractivity contribution >= 4 is 32.1 Å². The minimum absolute atomic E-state index is 0.0319. The van der Waals surface area contributed by atoms with Gasteiger partial charge < -0.3 is 9.50 Å². The molecule has 1 aliphatic heterocycles. The Morgan fingerprint density at radius 3 is 2.28 bits per heavy atom. The van der Waals surface area contributed by atoms with Crippen molar-refractivity contribution in [2.45, 2.75) is 25.7 Å². The summed E-state index contributed by atoms with van der Waals surface area (Å²) in [6.07, 6.45) is 1.96. The summed E-state index contributed by atoms with van der Waals surface area (Å²) in [4.78, 5) is 11.8. The minimum Gasteiger partial charge on any atom is -0.358 e. The van der Waals surface area contributed by atoms with Crippen LogP contribution < -0.4 is 9.50 Å². The fourth-order valence-electron chi connectivity index (χ4n) is 2.44. The number of carbonyl (C=O) groups excluding carboxylic acids is 1. The van der Waals surface area contributed by atoms with Crippen LogP contribution >= 0.6 is 0 Å². The Balaban J connectivity index is 1.78. The first-order valence-corrected chi connectivity index (χ1v) is 10.6. The van der Waals surface area contributed by atoms with Gasteiger partial charge in [-0.25, -0.2) is 12.7 Å². The summed E-state index contributed by atoms with van der Waals surface area (Å²) in [5.74, 6) is -0.678. The number of anilines is 1. The molecule has 1 aromatic carbocycles. The van der Waals surface area contributed by atoms with E-state index in [0.717, 1.165) is 12.8 Å². The average Bonchev–Trinajstić information content (AvgIpc) is 3.03. The molecule has 0 radical (unpaired) electrons. The molecule has 2 rings (SSSR count). The predicted molar refractivity (Wildman–Crippen MR) is 89.6 cm³/mol. The Hall–Kier alpha value is -1.72. The number of hydrogen-bond acceptors (Lipinski definition) is 6. The van der Waals surface area contributed by atoms with Crippen LogP contribution in [0, 0.1) is 0 Å². The van der Waals surface area contributed by atoms with Gasteiger partial charge in [0, 0.05) is 25.2 Å². The van der Waals surface area contributed by atoms with Crippen molar-refractivity contribution < 1.29 is 29.7 Å². The Morgan fingerprint density at radius 1 is 1.12 bits per heavy atom. The van der Waals surface area contributed by atoms with E-state index in [1.54, 1.807) is 0 Å². The lowest BCUT2D eigenvalue weighted by Crippen LogP contribution is -2.30. The van der Waals surface area contributed by atoms with E-state index in [2.05, 4.69) is 9.50 Å². The smallest absolute Gasteiger partial charge is 0.358 e. The monoisotopic (exact) mass is 394 g/mol. The van der Waals surface area contributed by atoms with Gasteiger partial charge in [-0.05, 0) is 43.5 Å². The van der Waals surface area contributed by atoms with Gasteiger partial charge in [0.15, 0.2) is 0 Å². The SMILES string of the molecule is O=C(CCCS(=O)(=O)N1CCCC1)Nc1ccc(OS(=O)(=O)F)cc1. The number of sulfonamides is 1. The number of amides is 1. The van der Waals surface area contributed by atoms with Crippen LogP contribution in [0.4, 0.5) is 9.57 Å². The van der Waals surface area contributed by atoms with Gasteiger partial charge in [0.25, 0.3) is 0 Å². The van der Waals surface area contributed by atoms with Gasteiger partial charge >= 0.3 is 10.5 Å². The van der Waals surface area contributed by atoms with E-state index in [0.29, 0.717) is 18.8 Å². The van der Waals surface area contributed by atoms with Crippen LogP contribution in [-0.4, -0.2) is 45.9 Å². The maximum absolute atomic E-state index is 12.4. The molecular formula is C14H19FN2O6S2. The number of hydrogen-bond donors (Lipinski definition) is 1. The first-order valence-electron chi connectivity index (χ1n) is 7.67. The van der Waals surface area contributed by atoms with E-state index in [-0.39, 0.29) is 30.3 Å².